The summed E-state index contributed by atoms with van der Waals surface area (Å²) in [6.45, 7) is 7.81. The molecule has 60 valence electrons. The van der Waals surface area contributed by atoms with Gasteiger partial charge in [0, 0.05) is 12.0 Å². The van der Waals surface area contributed by atoms with Crippen molar-refractivity contribution in [2.75, 3.05) is 13.6 Å². The second kappa shape index (κ2) is 3.71. The van der Waals surface area contributed by atoms with Crippen molar-refractivity contribution in [1.82, 2.24) is 5.32 Å². The predicted octanol–water partition coefficient (Wildman–Crippen LogP) is 1.76. The van der Waals surface area contributed by atoms with Crippen molar-refractivity contribution in [3.63, 3.8) is 0 Å². The molecule has 1 atom stereocenters. The van der Waals surface area contributed by atoms with Crippen molar-refractivity contribution in [1.29, 1.82) is 0 Å². The highest BCUT2D eigenvalue weighted by molar-refractivity contribution is 4.91. The van der Waals surface area contributed by atoms with Gasteiger partial charge in [-0.2, -0.15) is 0 Å². The molecule has 0 aliphatic heterocycles. The number of allylic oxidation sites excluding steroid dienone is 1. The monoisotopic (exact) mass is 145 g/mol. The molecule has 0 aliphatic rings. The normalized spacial score (nSPS) is 14.8. The molecule has 1 unspecified atom stereocenters. The van der Waals surface area contributed by atoms with Gasteiger partial charge >= 0.3 is 0 Å². The maximum atomic E-state index is 12.9. The first-order valence-electron chi connectivity index (χ1n) is 3.46. The van der Waals surface area contributed by atoms with Gasteiger partial charge < -0.3 is 5.32 Å². The van der Waals surface area contributed by atoms with E-state index in [-0.39, 0.29) is 5.41 Å². The number of halogens is 1. The fraction of sp³-hybridized carbons (Fsp3) is 0.750. The van der Waals surface area contributed by atoms with E-state index in [2.05, 4.69) is 11.9 Å². The molecule has 0 rings (SSSR count). The first-order valence-corrected chi connectivity index (χ1v) is 3.46. The Kier molecular flexibility index (Phi) is 3.58. The lowest BCUT2D eigenvalue weighted by Gasteiger charge is -2.25. The molecule has 0 aromatic rings. The van der Waals surface area contributed by atoms with Crippen molar-refractivity contribution in [2.45, 2.75) is 20.0 Å². The maximum Gasteiger partial charge on any atom is 0.124 e. The molecule has 1 N–H and O–H groups in total. The molecule has 0 aromatic heterocycles. The van der Waals surface area contributed by atoms with E-state index in [0.29, 0.717) is 6.54 Å². The second-order valence-corrected chi connectivity index (χ2v) is 3.16. The number of nitrogens with one attached hydrogen (secondary N) is 1. The van der Waals surface area contributed by atoms with Crippen LogP contribution in [0.25, 0.3) is 0 Å². The van der Waals surface area contributed by atoms with Gasteiger partial charge in [-0.15, -0.1) is 6.58 Å². The van der Waals surface area contributed by atoms with Crippen molar-refractivity contribution in [3.8, 4) is 0 Å². The highest BCUT2D eigenvalue weighted by atomic mass is 19.1. The van der Waals surface area contributed by atoms with Crippen molar-refractivity contribution < 1.29 is 4.39 Å². The number of hydrogen-bond acceptors (Lipinski definition) is 1. The molecule has 0 saturated heterocycles. The lowest BCUT2D eigenvalue weighted by Crippen LogP contribution is -2.34. The van der Waals surface area contributed by atoms with Crippen LogP contribution in [0.5, 0.6) is 0 Å². The van der Waals surface area contributed by atoms with Gasteiger partial charge in [-0.05, 0) is 7.05 Å². The largest absolute Gasteiger partial charge is 0.319 e. The Morgan fingerprint density at radius 2 is 2.20 bits per heavy atom. The highest BCUT2D eigenvalue weighted by Gasteiger charge is 2.25. The predicted molar refractivity (Wildman–Crippen MR) is 42.8 cm³/mol. The molecule has 0 spiro atoms. The molecule has 10 heavy (non-hydrogen) atoms. The summed E-state index contributed by atoms with van der Waals surface area (Å²) in [5.74, 6) is 0. The highest BCUT2D eigenvalue weighted by Crippen LogP contribution is 2.22. The van der Waals surface area contributed by atoms with Crippen LogP contribution in [0.3, 0.4) is 0 Å². The average molecular weight is 145 g/mol. The van der Waals surface area contributed by atoms with Gasteiger partial charge in [-0.3, -0.25) is 0 Å². The summed E-state index contributed by atoms with van der Waals surface area (Å²) in [4.78, 5) is 0. The number of alkyl halides is 1. The summed E-state index contributed by atoms with van der Waals surface area (Å²) >= 11 is 0. The van der Waals surface area contributed by atoms with Gasteiger partial charge in [0.05, 0.1) is 0 Å². The molecule has 0 saturated carbocycles. The van der Waals surface area contributed by atoms with Gasteiger partial charge in [-0.25, -0.2) is 4.39 Å². The van der Waals surface area contributed by atoms with Crippen LogP contribution in [0.1, 0.15) is 13.8 Å². The van der Waals surface area contributed by atoms with Crippen molar-refractivity contribution >= 4 is 0 Å². The van der Waals surface area contributed by atoms with E-state index in [0.717, 1.165) is 0 Å². The fourth-order valence-electron chi connectivity index (χ4n) is 0.872. The molecule has 0 amide bonds. The Morgan fingerprint density at radius 1 is 1.70 bits per heavy atom. The summed E-state index contributed by atoms with van der Waals surface area (Å²) in [6.07, 6.45) is 0.414. The average Bonchev–Trinajstić information content (AvgIpc) is 1.86. The lowest BCUT2D eigenvalue weighted by atomic mass is 9.87. The summed E-state index contributed by atoms with van der Waals surface area (Å²) < 4.78 is 12.9. The summed E-state index contributed by atoms with van der Waals surface area (Å²) in [7, 11) is 1.82. The second-order valence-electron chi connectivity index (χ2n) is 3.16. The molecule has 0 heterocycles. The molecule has 0 radical (unpaired) electrons. The molecule has 0 bridgehead atoms. The third-order valence-electron chi connectivity index (χ3n) is 1.59. The Bertz CT molecular complexity index is 110. The smallest absolute Gasteiger partial charge is 0.124 e. The first-order chi connectivity index (χ1) is 4.54. The Hall–Kier alpha value is -0.370. The minimum Gasteiger partial charge on any atom is -0.319 e. The van der Waals surface area contributed by atoms with Crippen LogP contribution in [-0.2, 0) is 0 Å². The summed E-state index contributed by atoms with van der Waals surface area (Å²) in [6, 6.07) is 0. The zero-order chi connectivity index (χ0) is 8.20. The maximum absolute atomic E-state index is 12.9. The van der Waals surface area contributed by atoms with E-state index in [1.807, 2.05) is 20.9 Å². The third-order valence-corrected chi connectivity index (χ3v) is 1.59. The molecule has 0 aromatic carbocycles. The fourth-order valence-corrected chi connectivity index (χ4v) is 0.872. The van der Waals surface area contributed by atoms with Gasteiger partial charge in [0.1, 0.15) is 6.17 Å². The molecule has 2 heteroatoms. The minimum atomic E-state index is -0.931. The molecule has 1 nitrogen and oxygen atoms in total. The Morgan fingerprint density at radius 3 is 2.50 bits per heavy atom. The van der Waals surface area contributed by atoms with Crippen LogP contribution in [0, 0.1) is 5.41 Å². The molecular formula is C8H16FN. The number of hydrogen-bond donors (Lipinski definition) is 1. The topological polar surface area (TPSA) is 12.0 Å². The van der Waals surface area contributed by atoms with E-state index in [9.17, 15) is 4.39 Å². The van der Waals surface area contributed by atoms with Crippen LogP contribution in [0.15, 0.2) is 12.7 Å². The zero-order valence-electron chi connectivity index (χ0n) is 6.95. The van der Waals surface area contributed by atoms with Crippen LogP contribution in [-0.4, -0.2) is 19.8 Å². The minimum absolute atomic E-state index is 0.337. The van der Waals surface area contributed by atoms with E-state index < -0.39 is 6.17 Å². The third kappa shape index (κ3) is 2.48. The van der Waals surface area contributed by atoms with E-state index >= 15 is 0 Å². The van der Waals surface area contributed by atoms with Gasteiger partial charge in [0.25, 0.3) is 0 Å². The van der Waals surface area contributed by atoms with E-state index in [1.54, 1.807) is 0 Å². The lowest BCUT2D eigenvalue weighted by molar-refractivity contribution is 0.186. The number of rotatable bonds is 4. The SMILES string of the molecule is C=CC(F)C(C)(C)CNC. The molecule has 0 fully saturated rings. The van der Waals surface area contributed by atoms with Crippen molar-refractivity contribution in [2.24, 2.45) is 5.41 Å². The molecule has 0 aliphatic carbocycles. The summed E-state index contributed by atoms with van der Waals surface area (Å²) in [5.41, 5.74) is -0.337. The summed E-state index contributed by atoms with van der Waals surface area (Å²) in [5, 5.41) is 2.94. The van der Waals surface area contributed by atoms with Crippen LogP contribution >= 0.6 is 0 Å². The quantitative estimate of drug-likeness (QED) is 0.594. The van der Waals surface area contributed by atoms with Gasteiger partial charge in [0.2, 0.25) is 0 Å². The zero-order valence-corrected chi connectivity index (χ0v) is 6.95. The Labute approximate surface area is 62.3 Å². The van der Waals surface area contributed by atoms with Crippen LogP contribution < -0.4 is 5.32 Å². The van der Waals surface area contributed by atoms with Crippen LogP contribution in [0.4, 0.5) is 4.39 Å². The molecular weight excluding hydrogens is 129 g/mol. The van der Waals surface area contributed by atoms with E-state index in [1.165, 1.54) is 6.08 Å². The van der Waals surface area contributed by atoms with Crippen molar-refractivity contribution in [3.05, 3.63) is 12.7 Å². The van der Waals surface area contributed by atoms with Gasteiger partial charge in [0.15, 0.2) is 0 Å². The standard InChI is InChI=1S/C8H16FN/c1-5-7(9)8(2,3)6-10-4/h5,7,10H,1,6H2,2-4H3. The first kappa shape index (κ1) is 9.63. The Balaban J connectivity index is 3.94. The van der Waals surface area contributed by atoms with E-state index in [4.69, 9.17) is 0 Å². The van der Waals surface area contributed by atoms with Crippen LogP contribution in [0.2, 0.25) is 0 Å². The van der Waals surface area contributed by atoms with Gasteiger partial charge in [-0.1, -0.05) is 19.9 Å².